The number of likely N-dealkylation sites (N-methyl/N-ethyl adjacent to an activating group) is 1. The first-order chi connectivity index (χ1) is 6.18. The molecule has 4 heteroatoms. The number of hydrogen-bond acceptors (Lipinski definition) is 2. The van der Waals surface area contributed by atoms with E-state index in [1.807, 2.05) is 11.6 Å². The van der Waals surface area contributed by atoms with E-state index >= 15 is 0 Å². The Morgan fingerprint density at radius 2 is 2.31 bits per heavy atom. The summed E-state index contributed by atoms with van der Waals surface area (Å²) < 4.78 is 1.98. The van der Waals surface area contributed by atoms with Crippen molar-refractivity contribution in [2.24, 2.45) is 7.05 Å². The zero-order chi connectivity index (χ0) is 9.42. The number of halogens is 1. The summed E-state index contributed by atoms with van der Waals surface area (Å²) in [6.07, 6.45) is 2.92. The summed E-state index contributed by atoms with van der Waals surface area (Å²) in [6, 6.07) is 0. The lowest BCUT2D eigenvalue weighted by Gasteiger charge is -2.10. The van der Waals surface area contributed by atoms with Crippen molar-refractivity contribution in [1.82, 2.24) is 14.5 Å². The van der Waals surface area contributed by atoms with Gasteiger partial charge in [-0.05, 0) is 20.0 Å². The normalized spacial score (nSPS) is 24.1. The smallest absolute Gasteiger partial charge is 0.128 e. The molecular formula is C9H14ClN3. The van der Waals surface area contributed by atoms with Crippen LogP contribution in [-0.2, 0) is 7.05 Å². The van der Waals surface area contributed by atoms with E-state index in [1.54, 1.807) is 6.20 Å². The first-order valence-corrected chi connectivity index (χ1v) is 4.92. The minimum Gasteiger partial charge on any atom is -0.322 e. The highest BCUT2D eigenvalue weighted by Crippen LogP contribution is 2.26. The molecule has 0 aliphatic carbocycles. The molecule has 72 valence electrons. The van der Waals surface area contributed by atoms with Gasteiger partial charge >= 0.3 is 0 Å². The van der Waals surface area contributed by atoms with Gasteiger partial charge in [0, 0.05) is 19.5 Å². The lowest BCUT2D eigenvalue weighted by molar-refractivity contribution is 0.408. The maximum absolute atomic E-state index is 5.93. The molecule has 1 fully saturated rings. The average Bonchev–Trinajstić information content (AvgIpc) is 2.62. The second-order valence-corrected chi connectivity index (χ2v) is 4.13. The fraction of sp³-hybridized carbons (Fsp3) is 0.667. The van der Waals surface area contributed by atoms with Crippen LogP contribution >= 0.6 is 11.6 Å². The van der Waals surface area contributed by atoms with Crippen LogP contribution in [0.15, 0.2) is 6.20 Å². The maximum Gasteiger partial charge on any atom is 0.128 e. The van der Waals surface area contributed by atoms with E-state index in [0.29, 0.717) is 5.92 Å². The van der Waals surface area contributed by atoms with Crippen LogP contribution in [0.3, 0.4) is 0 Å². The number of likely N-dealkylation sites (tertiary alicyclic amines) is 1. The largest absolute Gasteiger partial charge is 0.322 e. The van der Waals surface area contributed by atoms with E-state index in [2.05, 4.69) is 16.9 Å². The van der Waals surface area contributed by atoms with Crippen LogP contribution in [0.4, 0.5) is 0 Å². The third-order valence-electron chi connectivity index (χ3n) is 2.72. The summed E-state index contributed by atoms with van der Waals surface area (Å²) in [5.74, 6) is 1.68. The van der Waals surface area contributed by atoms with E-state index in [0.717, 1.165) is 24.1 Å². The number of imidazole rings is 1. The van der Waals surface area contributed by atoms with E-state index in [4.69, 9.17) is 11.6 Å². The molecule has 1 aliphatic rings. The molecule has 1 aromatic rings. The van der Waals surface area contributed by atoms with Crippen molar-refractivity contribution in [3.05, 3.63) is 17.2 Å². The topological polar surface area (TPSA) is 21.1 Å². The fourth-order valence-electron chi connectivity index (χ4n) is 1.93. The van der Waals surface area contributed by atoms with E-state index in [-0.39, 0.29) is 0 Å². The summed E-state index contributed by atoms with van der Waals surface area (Å²) in [5.41, 5.74) is 0. The zero-order valence-electron chi connectivity index (χ0n) is 8.00. The highest BCUT2D eigenvalue weighted by Gasteiger charge is 2.24. The molecule has 0 saturated carbocycles. The monoisotopic (exact) mass is 199 g/mol. The van der Waals surface area contributed by atoms with Crippen molar-refractivity contribution >= 4 is 11.6 Å². The fourth-order valence-corrected chi connectivity index (χ4v) is 2.06. The number of hydrogen-bond donors (Lipinski definition) is 0. The van der Waals surface area contributed by atoms with Crippen molar-refractivity contribution in [2.45, 2.75) is 12.3 Å². The Balaban J connectivity index is 2.21. The molecule has 2 heterocycles. The van der Waals surface area contributed by atoms with Gasteiger partial charge in [-0.15, -0.1) is 0 Å². The van der Waals surface area contributed by atoms with Gasteiger partial charge < -0.3 is 9.47 Å². The summed E-state index contributed by atoms with van der Waals surface area (Å²) in [7, 11) is 4.12. The predicted molar refractivity (Wildman–Crippen MR) is 53.1 cm³/mol. The van der Waals surface area contributed by atoms with Crippen molar-refractivity contribution in [3.8, 4) is 0 Å². The number of aromatic nitrogens is 2. The average molecular weight is 200 g/mol. The number of rotatable bonds is 1. The Kier molecular flexibility index (Phi) is 2.30. The molecular weight excluding hydrogens is 186 g/mol. The standard InChI is InChI=1S/C9H14ClN3/c1-12-4-3-7(6-12)9-11-5-8(10)13(9)2/h5,7H,3-4,6H2,1-2H3. The molecule has 2 rings (SSSR count). The first kappa shape index (κ1) is 9.03. The Morgan fingerprint density at radius 3 is 2.77 bits per heavy atom. The molecule has 1 saturated heterocycles. The third kappa shape index (κ3) is 1.58. The Bertz CT molecular complexity index is 308. The van der Waals surface area contributed by atoms with Crippen LogP contribution in [0.2, 0.25) is 5.15 Å². The molecule has 0 spiro atoms. The van der Waals surface area contributed by atoms with Crippen LogP contribution in [-0.4, -0.2) is 34.6 Å². The van der Waals surface area contributed by atoms with Crippen LogP contribution in [0.25, 0.3) is 0 Å². The lowest BCUT2D eigenvalue weighted by Crippen LogP contribution is -2.14. The molecule has 0 bridgehead atoms. The molecule has 0 radical (unpaired) electrons. The van der Waals surface area contributed by atoms with E-state index < -0.39 is 0 Å². The molecule has 0 N–H and O–H groups in total. The highest BCUT2D eigenvalue weighted by atomic mass is 35.5. The van der Waals surface area contributed by atoms with Crippen molar-refractivity contribution in [3.63, 3.8) is 0 Å². The minimum absolute atomic E-state index is 0.558. The molecule has 1 unspecified atom stereocenters. The van der Waals surface area contributed by atoms with Crippen molar-refractivity contribution in [1.29, 1.82) is 0 Å². The second kappa shape index (κ2) is 3.31. The van der Waals surface area contributed by atoms with Gasteiger partial charge in [0.15, 0.2) is 0 Å². The van der Waals surface area contributed by atoms with Gasteiger partial charge in [-0.3, -0.25) is 0 Å². The molecule has 13 heavy (non-hydrogen) atoms. The van der Waals surface area contributed by atoms with Gasteiger partial charge in [-0.25, -0.2) is 4.98 Å². The highest BCUT2D eigenvalue weighted by molar-refractivity contribution is 6.29. The van der Waals surface area contributed by atoms with Crippen molar-refractivity contribution < 1.29 is 0 Å². The van der Waals surface area contributed by atoms with Gasteiger partial charge in [0.2, 0.25) is 0 Å². The molecule has 1 aromatic heterocycles. The quantitative estimate of drug-likeness (QED) is 0.684. The van der Waals surface area contributed by atoms with Crippen LogP contribution in [0, 0.1) is 0 Å². The summed E-state index contributed by atoms with van der Waals surface area (Å²) in [5, 5.41) is 0.726. The van der Waals surface area contributed by atoms with Crippen LogP contribution in [0.5, 0.6) is 0 Å². The first-order valence-electron chi connectivity index (χ1n) is 4.54. The van der Waals surface area contributed by atoms with Crippen LogP contribution in [0.1, 0.15) is 18.2 Å². The summed E-state index contributed by atoms with van der Waals surface area (Å²) in [4.78, 5) is 6.66. The zero-order valence-corrected chi connectivity index (χ0v) is 8.75. The van der Waals surface area contributed by atoms with E-state index in [1.165, 1.54) is 6.42 Å². The molecule has 0 aromatic carbocycles. The van der Waals surface area contributed by atoms with Gasteiger partial charge in [-0.2, -0.15) is 0 Å². The van der Waals surface area contributed by atoms with Crippen LogP contribution < -0.4 is 0 Å². The second-order valence-electron chi connectivity index (χ2n) is 3.75. The molecule has 1 atom stereocenters. The van der Waals surface area contributed by atoms with Gasteiger partial charge in [-0.1, -0.05) is 11.6 Å². The Hall–Kier alpha value is -0.540. The predicted octanol–water partition coefficient (Wildman–Crippen LogP) is 1.49. The Labute approximate surface area is 83.3 Å². The van der Waals surface area contributed by atoms with Gasteiger partial charge in [0.05, 0.1) is 6.20 Å². The van der Waals surface area contributed by atoms with Gasteiger partial charge in [0.25, 0.3) is 0 Å². The summed E-state index contributed by atoms with van der Waals surface area (Å²) in [6.45, 7) is 2.26. The van der Waals surface area contributed by atoms with Crippen molar-refractivity contribution in [2.75, 3.05) is 20.1 Å². The Morgan fingerprint density at radius 1 is 1.54 bits per heavy atom. The minimum atomic E-state index is 0.558. The molecule has 3 nitrogen and oxygen atoms in total. The number of nitrogens with zero attached hydrogens (tertiary/aromatic N) is 3. The summed E-state index contributed by atoms with van der Waals surface area (Å²) >= 11 is 5.93. The maximum atomic E-state index is 5.93. The SMILES string of the molecule is CN1CCC(c2ncc(Cl)n2C)C1. The molecule has 1 aliphatic heterocycles. The third-order valence-corrected chi connectivity index (χ3v) is 3.08. The lowest BCUT2D eigenvalue weighted by atomic mass is 10.1. The van der Waals surface area contributed by atoms with E-state index in [9.17, 15) is 0 Å². The molecule has 0 amide bonds. The van der Waals surface area contributed by atoms with Gasteiger partial charge in [0.1, 0.15) is 11.0 Å².